The van der Waals surface area contributed by atoms with E-state index in [1.165, 1.54) is 6.07 Å². The molecule has 0 aromatic heterocycles. The number of hydrogen-bond acceptors (Lipinski definition) is 2. The Labute approximate surface area is 107 Å². The van der Waals surface area contributed by atoms with Gasteiger partial charge in [0.2, 0.25) is 0 Å². The molecular weight excluding hydrogens is 233 g/mol. The lowest BCUT2D eigenvalue weighted by Gasteiger charge is -2.17. The van der Waals surface area contributed by atoms with Crippen LogP contribution in [-0.2, 0) is 6.54 Å². The second-order valence-corrected chi connectivity index (χ2v) is 4.53. The van der Waals surface area contributed by atoms with Crippen molar-refractivity contribution in [2.24, 2.45) is 0 Å². The van der Waals surface area contributed by atoms with Gasteiger partial charge >= 0.3 is 5.97 Å². The molecule has 100 valence electrons. The van der Waals surface area contributed by atoms with Gasteiger partial charge in [-0.05, 0) is 26.1 Å². The minimum absolute atomic E-state index is 0.255. The molecule has 1 aromatic rings. The summed E-state index contributed by atoms with van der Waals surface area (Å²) in [4.78, 5) is 12.8. The van der Waals surface area contributed by atoms with Gasteiger partial charge in [0.1, 0.15) is 5.82 Å². The summed E-state index contributed by atoms with van der Waals surface area (Å²) in [6.07, 6.45) is 3.38. The third-order valence-electron chi connectivity index (χ3n) is 2.89. The number of halogens is 1. The fourth-order valence-corrected chi connectivity index (χ4v) is 1.87. The van der Waals surface area contributed by atoms with Gasteiger partial charge in [-0.1, -0.05) is 31.9 Å². The smallest absolute Gasteiger partial charge is 0.338 e. The van der Waals surface area contributed by atoms with Gasteiger partial charge < -0.3 is 10.0 Å². The van der Waals surface area contributed by atoms with Gasteiger partial charge in [0, 0.05) is 12.1 Å². The van der Waals surface area contributed by atoms with Crippen molar-refractivity contribution in [2.75, 3.05) is 13.6 Å². The SMILES string of the molecule is CCCCCN(C)Cc1cccc(C(=O)O)c1F. The van der Waals surface area contributed by atoms with Crippen molar-refractivity contribution in [1.82, 2.24) is 4.90 Å². The molecule has 0 aliphatic heterocycles. The zero-order valence-electron chi connectivity index (χ0n) is 10.9. The molecule has 0 radical (unpaired) electrons. The van der Waals surface area contributed by atoms with Crippen LogP contribution in [0.5, 0.6) is 0 Å². The van der Waals surface area contributed by atoms with Gasteiger partial charge in [0.15, 0.2) is 0 Å². The van der Waals surface area contributed by atoms with E-state index in [1.54, 1.807) is 12.1 Å². The number of hydrogen-bond donors (Lipinski definition) is 1. The zero-order chi connectivity index (χ0) is 13.5. The van der Waals surface area contributed by atoms with Crippen LogP contribution in [0.4, 0.5) is 4.39 Å². The molecule has 0 unspecified atom stereocenters. The van der Waals surface area contributed by atoms with Crippen LogP contribution in [0.1, 0.15) is 42.1 Å². The van der Waals surface area contributed by atoms with E-state index < -0.39 is 11.8 Å². The average molecular weight is 253 g/mol. The number of nitrogens with zero attached hydrogens (tertiary/aromatic N) is 1. The van der Waals surface area contributed by atoms with Crippen LogP contribution < -0.4 is 0 Å². The summed E-state index contributed by atoms with van der Waals surface area (Å²) in [7, 11) is 1.92. The van der Waals surface area contributed by atoms with E-state index in [9.17, 15) is 9.18 Å². The van der Waals surface area contributed by atoms with Crippen molar-refractivity contribution in [2.45, 2.75) is 32.7 Å². The maximum Gasteiger partial charge on any atom is 0.338 e. The van der Waals surface area contributed by atoms with E-state index in [2.05, 4.69) is 6.92 Å². The molecule has 0 fully saturated rings. The van der Waals surface area contributed by atoms with Gasteiger partial charge in [0.25, 0.3) is 0 Å². The minimum Gasteiger partial charge on any atom is -0.478 e. The van der Waals surface area contributed by atoms with Crippen LogP contribution in [0.15, 0.2) is 18.2 Å². The first-order valence-electron chi connectivity index (χ1n) is 6.25. The second-order valence-electron chi connectivity index (χ2n) is 4.53. The Morgan fingerprint density at radius 1 is 1.39 bits per heavy atom. The first-order chi connectivity index (χ1) is 8.56. The molecule has 4 heteroatoms. The second kappa shape index (κ2) is 7.11. The van der Waals surface area contributed by atoms with Crippen molar-refractivity contribution >= 4 is 5.97 Å². The van der Waals surface area contributed by atoms with Crippen LogP contribution in [0.2, 0.25) is 0 Å². The highest BCUT2D eigenvalue weighted by atomic mass is 19.1. The highest BCUT2D eigenvalue weighted by molar-refractivity contribution is 5.88. The van der Waals surface area contributed by atoms with Crippen LogP contribution >= 0.6 is 0 Å². The predicted molar refractivity (Wildman–Crippen MR) is 69.2 cm³/mol. The standard InChI is InChI=1S/C14H20FNO2/c1-3-4-5-9-16(2)10-11-7-6-8-12(13(11)15)14(17)18/h6-8H,3-5,9-10H2,1-2H3,(H,17,18). The molecule has 0 aliphatic rings. The van der Waals surface area contributed by atoms with Crippen LogP contribution in [0.25, 0.3) is 0 Å². The van der Waals surface area contributed by atoms with Crippen molar-refractivity contribution in [3.63, 3.8) is 0 Å². The Hall–Kier alpha value is -1.42. The summed E-state index contributed by atoms with van der Waals surface area (Å²) >= 11 is 0. The topological polar surface area (TPSA) is 40.5 Å². The molecule has 3 nitrogen and oxygen atoms in total. The summed E-state index contributed by atoms with van der Waals surface area (Å²) in [6, 6.07) is 4.51. The molecule has 1 aromatic carbocycles. The van der Waals surface area contributed by atoms with Crippen LogP contribution in [0, 0.1) is 5.82 Å². The molecular formula is C14H20FNO2. The fourth-order valence-electron chi connectivity index (χ4n) is 1.87. The molecule has 0 heterocycles. The van der Waals surface area contributed by atoms with E-state index >= 15 is 0 Å². The van der Waals surface area contributed by atoms with E-state index in [0.29, 0.717) is 12.1 Å². The van der Waals surface area contributed by atoms with Crippen molar-refractivity contribution in [3.8, 4) is 0 Å². The summed E-state index contributed by atoms with van der Waals surface area (Å²) in [5.74, 6) is -1.84. The number of rotatable bonds is 7. The number of carboxylic acids is 1. The maximum atomic E-state index is 13.9. The van der Waals surface area contributed by atoms with Crippen molar-refractivity contribution in [1.29, 1.82) is 0 Å². The molecule has 18 heavy (non-hydrogen) atoms. The van der Waals surface area contributed by atoms with Crippen molar-refractivity contribution in [3.05, 3.63) is 35.1 Å². The lowest BCUT2D eigenvalue weighted by atomic mass is 10.1. The number of benzene rings is 1. The number of aromatic carboxylic acids is 1. The monoisotopic (exact) mass is 253 g/mol. The van der Waals surface area contributed by atoms with Gasteiger partial charge in [-0.3, -0.25) is 0 Å². The molecule has 0 amide bonds. The number of carbonyl (C=O) groups is 1. The van der Waals surface area contributed by atoms with Gasteiger partial charge in [-0.15, -0.1) is 0 Å². The van der Waals surface area contributed by atoms with Crippen LogP contribution in [0.3, 0.4) is 0 Å². The lowest BCUT2D eigenvalue weighted by molar-refractivity contribution is 0.0691. The Morgan fingerprint density at radius 2 is 2.11 bits per heavy atom. The molecule has 0 saturated carbocycles. The summed E-state index contributed by atoms with van der Waals surface area (Å²) < 4.78 is 13.9. The third kappa shape index (κ3) is 4.11. The molecule has 1 N–H and O–H groups in total. The van der Waals surface area contributed by atoms with E-state index in [-0.39, 0.29) is 5.56 Å². The Bertz CT molecular complexity index is 407. The number of unbranched alkanes of at least 4 members (excludes halogenated alkanes) is 2. The highest BCUT2D eigenvalue weighted by Gasteiger charge is 2.14. The normalized spacial score (nSPS) is 10.9. The van der Waals surface area contributed by atoms with E-state index in [1.807, 2.05) is 11.9 Å². The maximum absolute atomic E-state index is 13.9. The number of carboxylic acid groups (broad SMARTS) is 1. The Kier molecular flexibility index (Phi) is 5.78. The third-order valence-corrected chi connectivity index (χ3v) is 2.89. The quantitative estimate of drug-likeness (QED) is 0.759. The first-order valence-corrected chi connectivity index (χ1v) is 6.25. The molecule has 0 bridgehead atoms. The van der Waals surface area contributed by atoms with Gasteiger partial charge in [0.05, 0.1) is 5.56 Å². The van der Waals surface area contributed by atoms with Gasteiger partial charge in [-0.25, -0.2) is 9.18 Å². The molecule has 0 spiro atoms. The first kappa shape index (κ1) is 14.6. The zero-order valence-corrected chi connectivity index (χ0v) is 10.9. The Morgan fingerprint density at radius 3 is 2.72 bits per heavy atom. The fraction of sp³-hybridized carbons (Fsp3) is 0.500. The minimum atomic E-state index is -1.22. The molecule has 0 saturated heterocycles. The summed E-state index contributed by atoms with van der Waals surface area (Å²) in [5, 5.41) is 8.84. The van der Waals surface area contributed by atoms with Gasteiger partial charge in [-0.2, -0.15) is 0 Å². The largest absolute Gasteiger partial charge is 0.478 e. The molecule has 0 aliphatic carbocycles. The van der Waals surface area contributed by atoms with E-state index in [0.717, 1.165) is 25.8 Å². The lowest BCUT2D eigenvalue weighted by Crippen LogP contribution is -2.20. The predicted octanol–water partition coefficient (Wildman–Crippen LogP) is 3.15. The summed E-state index contributed by atoms with van der Waals surface area (Å²) in [6.45, 7) is 3.47. The highest BCUT2D eigenvalue weighted by Crippen LogP contribution is 2.15. The molecule has 1 rings (SSSR count). The summed E-state index contributed by atoms with van der Waals surface area (Å²) in [5.41, 5.74) is 0.184. The molecule has 0 atom stereocenters. The van der Waals surface area contributed by atoms with Crippen molar-refractivity contribution < 1.29 is 14.3 Å². The average Bonchev–Trinajstić information content (AvgIpc) is 2.32. The van der Waals surface area contributed by atoms with Crippen LogP contribution in [-0.4, -0.2) is 29.6 Å². The Balaban J connectivity index is 2.67. The van der Waals surface area contributed by atoms with E-state index in [4.69, 9.17) is 5.11 Å².